The molecule has 0 aromatic carbocycles. The first-order valence-electron chi connectivity index (χ1n) is 21.6. The second-order valence-corrected chi connectivity index (χ2v) is 17.1. The molecule has 5 fully saturated rings. The van der Waals surface area contributed by atoms with Gasteiger partial charge in [0.25, 0.3) is 5.79 Å². The average molecular weight is 1010 g/mol. The highest BCUT2D eigenvalue weighted by Gasteiger charge is 2.61. The molecule has 0 aromatic heterocycles. The van der Waals surface area contributed by atoms with Gasteiger partial charge in [-0.2, -0.15) is 0 Å². The van der Waals surface area contributed by atoms with Crippen molar-refractivity contribution in [2.75, 3.05) is 40.1 Å². The van der Waals surface area contributed by atoms with E-state index in [0.717, 1.165) is 21.0 Å². The van der Waals surface area contributed by atoms with E-state index >= 15 is 0 Å². The normalized spacial score (nSPS) is 46.1. The fraction of sp³-hybridized carbons (Fsp3) is 0.921. The van der Waals surface area contributed by atoms with Crippen LogP contribution in [-0.2, 0) is 61.8 Å². The Labute approximate surface area is 391 Å². The summed E-state index contributed by atoms with van der Waals surface area (Å²) in [6, 6.07) is -3.35. The van der Waals surface area contributed by atoms with Gasteiger partial charge in [0.05, 0.1) is 45.2 Å². The summed E-state index contributed by atoms with van der Waals surface area (Å²) in [4.78, 5) is 37.1. The lowest BCUT2D eigenvalue weighted by atomic mass is 9.88. The van der Waals surface area contributed by atoms with Crippen molar-refractivity contribution in [3.05, 3.63) is 0 Å². The van der Waals surface area contributed by atoms with Crippen molar-refractivity contribution in [3.8, 4) is 0 Å². The van der Waals surface area contributed by atoms with Crippen LogP contribution in [0.1, 0.15) is 20.3 Å². The number of aliphatic hydroxyl groups excluding tert-OH is 15. The molecule has 0 aromatic rings. The molecule has 5 aliphatic heterocycles. The molecule has 5 saturated heterocycles. The number of nitrogens with one attached hydrogen (secondary N) is 2. The Hall–Kier alpha value is -2.59. The quantitative estimate of drug-likeness (QED) is 0.0571. The fourth-order valence-corrected chi connectivity index (χ4v) is 8.70. The van der Waals surface area contributed by atoms with E-state index in [9.17, 15) is 96.1 Å². The molecule has 0 bridgehead atoms. The van der Waals surface area contributed by atoms with E-state index in [-0.39, 0.29) is 0 Å². The molecule has 400 valence electrons. The minimum atomic E-state index is -3.17. The van der Waals surface area contributed by atoms with Gasteiger partial charge in [0.1, 0.15) is 116 Å². The van der Waals surface area contributed by atoms with Gasteiger partial charge in [0, 0.05) is 27.4 Å². The maximum atomic E-state index is 13.0. The van der Waals surface area contributed by atoms with E-state index in [2.05, 4.69) is 10.6 Å². The number of hydrogen-bond donors (Lipinski definition) is 18. The molecule has 2 amide bonds. The lowest BCUT2D eigenvalue weighted by Gasteiger charge is -2.51. The second kappa shape index (κ2) is 24.4. The lowest BCUT2D eigenvalue weighted by Crippen LogP contribution is -2.71. The third-order valence-electron chi connectivity index (χ3n) is 12.3. The maximum absolute atomic E-state index is 13.0. The second-order valence-electron chi connectivity index (χ2n) is 17.1. The first-order chi connectivity index (χ1) is 32.5. The number of carboxylic acids is 1. The molecule has 18 N–H and O–H groups in total. The number of aliphatic hydroxyl groups is 15. The third kappa shape index (κ3) is 12.4. The Kier molecular flexibility index (Phi) is 20.3. The predicted octanol–water partition coefficient (Wildman–Crippen LogP) is -11.8. The summed E-state index contributed by atoms with van der Waals surface area (Å²) in [7, 11) is 1.14. The molecule has 69 heavy (non-hydrogen) atoms. The highest BCUT2D eigenvalue weighted by atomic mass is 16.8. The van der Waals surface area contributed by atoms with Gasteiger partial charge in [-0.05, 0) is 0 Å². The van der Waals surface area contributed by atoms with Gasteiger partial charge >= 0.3 is 5.97 Å². The van der Waals surface area contributed by atoms with E-state index in [0.29, 0.717) is 0 Å². The van der Waals surface area contributed by atoms with Crippen molar-refractivity contribution in [1.82, 2.24) is 10.6 Å². The number of carboxylic acid groups (broad SMARTS) is 1. The Balaban J connectivity index is 1.38. The summed E-state index contributed by atoms with van der Waals surface area (Å²) in [6.07, 6.45) is -45.0. The van der Waals surface area contributed by atoms with Crippen LogP contribution in [-0.4, -0.2) is 299 Å². The number of carbonyl (C=O) groups excluding carboxylic acids is 2. The van der Waals surface area contributed by atoms with Crippen molar-refractivity contribution < 1.29 is 143 Å². The topological polar surface area (TPSA) is 491 Å². The molecular weight excluding hydrogens is 948 g/mol. The summed E-state index contributed by atoms with van der Waals surface area (Å²) in [5, 5.41) is 175. The molecule has 0 radical (unpaired) electrons. The SMILES string of the molecule is CO[C@H]1[C@@H](O)[C@@H](CO)O[C@@H](O[C@H]2[C@H](O)[C@@H](O)[C@H](OC[C@H]3O[C@@H](O)[C@H](NC(C)=O)[C@@H](O)[C@@H]3O[C@@H]3O[C@H](CO)[C@H](O)[C@H](O[C@]4(C(=O)O)C[C@H](O)[C@@H](NC(C)=O)[C@H]([C@H](O)[C@H](O)CO)O4)[C@H]3O)O[C@@H]2CO)[C@@H]1O. The molecule has 0 aliphatic carbocycles. The third-order valence-corrected chi connectivity index (χ3v) is 12.3. The van der Waals surface area contributed by atoms with Crippen LogP contribution in [0.5, 0.6) is 0 Å². The smallest absolute Gasteiger partial charge is 0.364 e. The molecular formula is C38H64N2O29. The van der Waals surface area contributed by atoms with Gasteiger partial charge in [-0.15, -0.1) is 0 Å². The number of rotatable bonds is 19. The first-order valence-corrected chi connectivity index (χ1v) is 21.6. The maximum Gasteiger partial charge on any atom is 0.364 e. The van der Waals surface area contributed by atoms with Crippen LogP contribution >= 0.6 is 0 Å². The van der Waals surface area contributed by atoms with E-state index in [1.165, 1.54) is 0 Å². The van der Waals surface area contributed by atoms with Crippen LogP contribution in [0.15, 0.2) is 0 Å². The zero-order valence-corrected chi connectivity index (χ0v) is 37.1. The van der Waals surface area contributed by atoms with Crippen molar-refractivity contribution in [2.45, 2.75) is 179 Å². The van der Waals surface area contributed by atoms with Crippen LogP contribution in [0.4, 0.5) is 0 Å². The van der Waals surface area contributed by atoms with E-state index in [1.54, 1.807) is 0 Å². The molecule has 26 atom stereocenters. The van der Waals surface area contributed by atoms with Gasteiger partial charge in [-0.1, -0.05) is 0 Å². The number of carbonyl (C=O) groups is 3. The van der Waals surface area contributed by atoms with Crippen molar-refractivity contribution in [3.63, 3.8) is 0 Å². The molecule has 31 heteroatoms. The van der Waals surface area contributed by atoms with Crippen LogP contribution in [0.2, 0.25) is 0 Å². The molecule has 0 spiro atoms. The number of methoxy groups -OCH3 is 1. The molecule has 0 saturated carbocycles. The molecule has 5 rings (SSSR count). The van der Waals surface area contributed by atoms with E-state index in [4.69, 9.17) is 47.4 Å². The Morgan fingerprint density at radius 2 is 1.13 bits per heavy atom. The Bertz CT molecular complexity index is 1670. The molecule has 31 nitrogen and oxygen atoms in total. The Morgan fingerprint density at radius 1 is 0.623 bits per heavy atom. The van der Waals surface area contributed by atoms with Crippen molar-refractivity contribution in [2.24, 2.45) is 0 Å². The minimum Gasteiger partial charge on any atom is -0.477 e. The van der Waals surface area contributed by atoms with Crippen LogP contribution in [0, 0.1) is 0 Å². The van der Waals surface area contributed by atoms with Crippen molar-refractivity contribution in [1.29, 1.82) is 0 Å². The summed E-state index contributed by atoms with van der Waals surface area (Å²) < 4.78 is 55.9. The van der Waals surface area contributed by atoms with Gasteiger partial charge < -0.3 is 140 Å². The zero-order valence-electron chi connectivity index (χ0n) is 37.1. The lowest BCUT2D eigenvalue weighted by molar-refractivity contribution is -0.385. The van der Waals surface area contributed by atoms with Crippen LogP contribution in [0.3, 0.4) is 0 Å². The molecule has 0 unspecified atom stereocenters. The van der Waals surface area contributed by atoms with Gasteiger partial charge in [0.2, 0.25) is 11.8 Å². The number of amides is 2. The zero-order chi connectivity index (χ0) is 51.4. The van der Waals surface area contributed by atoms with Gasteiger partial charge in [-0.25, -0.2) is 4.79 Å². The predicted molar refractivity (Wildman–Crippen MR) is 212 cm³/mol. The first kappa shape index (κ1) is 57.3. The number of hydrogen-bond acceptors (Lipinski definition) is 28. The molecule has 5 heterocycles. The van der Waals surface area contributed by atoms with Gasteiger partial charge in [0.15, 0.2) is 25.2 Å². The largest absolute Gasteiger partial charge is 0.477 e. The summed E-state index contributed by atoms with van der Waals surface area (Å²) in [6.45, 7) is -2.81. The average Bonchev–Trinajstić information content (AvgIpc) is 3.30. The number of ether oxygens (including phenoxy) is 10. The summed E-state index contributed by atoms with van der Waals surface area (Å²) >= 11 is 0. The minimum absolute atomic E-state index is 0.758. The van der Waals surface area contributed by atoms with E-state index in [1.807, 2.05) is 0 Å². The van der Waals surface area contributed by atoms with Crippen LogP contribution in [0.25, 0.3) is 0 Å². The van der Waals surface area contributed by atoms with E-state index < -0.39 is 216 Å². The fourth-order valence-electron chi connectivity index (χ4n) is 8.70. The van der Waals surface area contributed by atoms with Crippen molar-refractivity contribution >= 4 is 17.8 Å². The summed E-state index contributed by atoms with van der Waals surface area (Å²) in [5.74, 6) is -6.85. The highest BCUT2D eigenvalue weighted by molar-refractivity contribution is 5.76. The Morgan fingerprint density at radius 3 is 1.64 bits per heavy atom. The highest BCUT2D eigenvalue weighted by Crippen LogP contribution is 2.39. The van der Waals surface area contributed by atoms with Gasteiger partial charge in [-0.3, -0.25) is 9.59 Å². The standard InChI is InChI=1S/C38H64N2O29/c1-10(45)39-18-12(47)4-38(37(58)59,68-30(18)20(49)13(48)5-41)69-32-22(51)15(7-43)64-36(27(32)56)67-29-17(62-33(57)19(23(29)52)40-11(2)46)9-61-34-25(54)24(53)28(16(8-44)65-34)66-35-26(55)31(60-3)21(50)14(6-42)63-35/h12-36,41-44,47-57H,4-9H2,1-3H3,(H,39,45)(H,40,46)(H,58,59)/t12-,13+,14+,15+,16+,17+,18+,19+,20+,21-,22-,23+,24+,25+,26+,27+,28+,29+,30+,31-,32-,33+,34+,35-,36-,38-/m0/s1. The van der Waals surface area contributed by atoms with Crippen LogP contribution < -0.4 is 10.6 Å². The number of aliphatic carboxylic acids is 1. The molecule has 5 aliphatic rings. The summed E-state index contributed by atoms with van der Waals surface area (Å²) in [5.41, 5.74) is 0. The monoisotopic (exact) mass is 1010 g/mol.